The van der Waals surface area contributed by atoms with Crippen molar-refractivity contribution in [1.29, 1.82) is 0 Å². The molecule has 4 aromatic rings. The Kier molecular flexibility index (Phi) is 3.75. The lowest BCUT2D eigenvalue weighted by molar-refractivity contribution is 0.277. The molecule has 0 atom stereocenters. The van der Waals surface area contributed by atoms with Gasteiger partial charge in [-0.3, -0.25) is 0 Å². The molecule has 0 bridgehead atoms. The van der Waals surface area contributed by atoms with E-state index >= 15 is 0 Å². The van der Waals surface area contributed by atoms with Crippen molar-refractivity contribution in [1.82, 2.24) is 20.2 Å². The number of fused-ring (bicyclic) bond motifs is 1. The third-order valence-corrected chi connectivity index (χ3v) is 4.34. The summed E-state index contributed by atoms with van der Waals surface area (Å²) in [7, 11) is 0. The number of benzene rings is 1. The van der Waals surface area contributed by atoms with Crippen molar-refractivity contribution in [3.8, 4) is 11.5 Å². The lowest BCUT2D eigenvalue weighted by atomic mass is 10.2. The fourth-order valence-electron chi connectivity index (χ4n) is 2.23. The maximum atomic E-state index is 13.0. The van der Waals surface area contributed by atoms with Crippen molar-refractivity contribution in [3.63, 3.8) is 0 Å². The second kappa shape index (κ2) is 6.06. The van der Waals surface area contributed by atoms with E-state index in [0.29, 0.717) is 29.5 Å². The van der Waals surface area contributed by atoms with Gasteiger partial charge in [-0.25, -0.2) is 14.4 Å². The van der Waals surface area contributed by atoms with Crippen LogP contribution in [0, 0.1) is 5.82 Å². The molecule has 24 heavy (non-hydrogen) atoms. The summed E-state index contributed by atoms with van der Waals surface area (Å²) in [6.07, 6.45) is 0.393. The highest BCUT2D eigenvalue weighted by Crippen LogP contribution is 2.24. The van der Waals surface area contributed by atoms with Crippen LogP contribution in [0.4, 0.5) is 4.39 Å². The summed E-state index contributed by atoms with van der Waals surface area (Å²) in [5.74, 6) is 0.449. The summed E-state index contributed by atoms with van der Waals surface area (Å²) < 4.78 is 18.6. The van der Waals surface area contributed by atoms with Crippen molar-refractivity contribution >= 4 is 21.7 Å². The van der Waals surface area contributed by atoms with E-state index in [-0.39, 0.29) is 12.4 Å². The van der Waals surface area contributed by atoms with Crippen LogP contribution in [-0.2, 0) is 13.0 Å². The fraction of sp³-hybridized carbons (Fsp3) is 0.125. The minimum absolute atomic E-state index is 0.103. The smallest absolute Gasteiger partial charge is 0.247 e. The van der Waals surface area contributed by atoms with Gasteiger partial charge in [0.1, 0.15) is 21.2 Å². The van der Waals surface area contributed by atoms with E-state index in [4.69, 9.17) is 9.52 Å². The molecule has 3 aromatic heterocycles. The van der Waals surface area contributed by atoms with Gasteiger partial charge in [-0.1, -0.05) is 11.3 Å². The van der Waals surface area contributed by atoms with Crippen LogP contribution in [0.3, 0.4) is 0 Å². The number of aliphatic hydroxyl groups excluding tert-OH is 1. The molecule has 6 nitrogen and oxygen atoms in total. The van der Waals surface area contributed by atoms with Gasteiger partial charge in [0.2, 0.25) is 11.8 Å². The Morgan fingerprint density at radius 2 is 1.88 bits per heavy atom. The molecule has 0 amide bonds. The van der Waals surface area contributed by atoms with Crippen molar-refractivity contribution in [2.24, 2.45) is 0 Å². The number of rotatable bonds is 4. The molecule has 0 unspecified atom stereocenters. The molecular formula is C16H11FN4O2S. The van der Waals surface area contributed by atoms with Gasteiger partial charge in [0, 0.05) is 5.56 Å². The van der Waals surface area contributed by atoms with E-state index in [2.05, 4.69) is 20.2 Å². The zero-order valence-electron chi connectivity index (χ0n) is 12.3. The third kappa shape index (κ3) is 2.89. The fourth-order valence-corrected chi connectivity index (χ4v) is 3.17. The highest BCUT2D eigenvalue weighted by Gasteiger charge is 2.13. The molecule has 0 fully saturated rings. The molecule has 0 spiro atoms. The van der Waals surface area contributed by atoms with Crippen LogP contribution in [0.25, 0.3) is 21.8 Å². The standard InChI is InChI=1S/C16H11FN4O2S/c17-10-3-1-9(2-4-10)15-21-20-13(23-15)7-14-19-12-6-5-11(8-22)18-16(12)24-14/h1-6,22H,7-8H2. The first-order valence-electron chi connectivity index (χ1n) is 7.16. The molecule has 0 saturated carbocycles. The molecule has 1 aromatic carbocycles. The van der Waals surface area contributed by atoms with E-state index in [1.807, 2.05) is 6.07 Å². The molecule has 120 valence electrons. The summed E-state index contributed by atoms with van der Waals surface area (Å²) >= 11 is 1.42. The van der Waals surface area contributed by atoms with Crippen molar-refractivity contribution in [2.75, 3.05) is 0 Å². The van der Waals surface area contributed by atoms with Gasteiger partial charge in [-0.2, -0.15) is 0 Å². The predicted octanol–water partition coefficient (Wildman–Crippen LogP) is 2.96. The van der Waals surface area contributed by atoms with E-state index in [1.54, 1.807) is 18.2 Å². The Morgan fingerprint density at radius 3 is 2.67 bits per heavy atom. The summed E-state index contributed by atoms with van der Waals surface area (Å²) in [5.41, 5.74) is 2.04. The zero-order chi connectivity index (χ0) is 16.5. The highest BCUT2D eigenvalue weighted by molar-refractivity contribution is 7.18. The normalized spacial score (nSPS) is 11.2. The van der Waals surface area contributed by atoms with Crippen molar-refractivity contribution in [2.45, 2.75) is 13.0 Å². The first-order valence-corrected chi connectivity index (χ1v) is 7.97. The molecule has 0 radical (unpaired) electrons. The Morgan fingerprint density at radius 1 is 1.04 bits per heavy atom. The van der Waals surface area contributed by atoms with Gasteiger partial charge in [-0.15, -0.1) is 10.2 Å². The van der Waals surface area contributed by atoms with Gasteiger partial charge < -0.3 is 9.52 Å². The minimum Gasteiger partial charge on any atom is -0.420 e. The maximum absolute atomic E-state index is 13.0. The molecule has 8 heteroatoms. The quantitative estimate of drug-likeness (QED) is 0.614. The largest absolute Gasteiger partial charge is 0.420 e. The molecule has 0 aliphatic heterocycles. The topological polar surface area (TPSA) is 84.9 Å². The summed E-state index contributed by atoms with van der Waals surface area (Å²) in [4.78, 5) is 9.55. The average molecular weight is 342 g/mol. The molecule has 4 rings (SSSR count). The number of aromatic nitrogens is 4. The Balaban J connectivity index is 1.58. The molecule has 1 N–H and O–H groups in total. The average Bonchev–Trinajstić information content (AvgIpc) is 3.21. The van der Waals surface area contributed by atoms with Crippen LogP contribution >= 0.6 is 11.3 Å². The van der Waals surface area contributed by atoms with E-state index in [0.717, 1.165) is 15.4 Å². The molecule has 0 aliphatic carbocycles. The van der Waals surface area contributed by atoms with Crippen LogP contribution in [0.2, 0.25) is 0 Å². The van der Waals surface area contributed by atoms with E-state index in [9.17, 15) is 4.39 Å². The number of pyridine rings is 1. The van der Waals surface area contributed by atoms with Crippen LogP contribution in [0.1, 0.15) is 16.6 Å². The molecular weight excluding hydrogens is 331 g/mol. The van der Waals surface area contributed by atoms with Gasteiger partial charge in [0.25, 0.3) is 0 Å². The summed E-state index contributed by atoms with van der Waals surface area (Å²) in [6, 6.07) is 9.43. The number of hydrogen-bond donors (Lipinski definition) is 1. The Bertz CT molecular complexity index is 997. The molecule has 0 aliphatic rings. The molecule has 3 heterocycles. The van der Waals surface area contributed by atoms with Gasteiger partial charge in [0.15, 0.2) is 0 Å². The second-order valence-electron chi connectivity index (χ2n) is 5.08. The van der Waals surface area contributed by atoms with Crippen molar-refractivity contribution in [3.05, 3.63) is 58.8 Å². The predicted molar refractivity (Wildman–Crippen MR) is 85.8 cm³/mol. The lowest BCUT2D eigenvalue weighted by Crippen LogP contribution is -1.87. The summed E-state index contributed by atoms with van der Waals surface area (Å²) in [6.45, 7) is -0.103. The van der Waals surface area contributed by atoms with Gasteiger partial charge in [0.05, 0.1) is 18.7 Å². The van der Waals surface area contributed by atoms with Crippen LogP contribution in [0.5, 0.6) is 0 Å². The second-order valence-corrected chi connectivity index (χ2v) is 6.14. The maximum Gasteiger partial charge on any atom is 0.247 e. The van der Waals surface area contributed by atoms with E-state index in [1.165, 1.54) is 23.5 Å². The monoisotopic (exact) mass is 342 g/mol. The number of nitrogens with zero attached hydrogens (tertiary/aromatic N) is 4. The lowest BCUT2D eigenvalue weighted by Gasteiger charge is -1.93. The van der Waals surface area contributed by atoms with Gasteiger partial charge >= 0.3 is 0 Å². The number of aliphatic hydroxyl groups is 1. The first-order chi connectivity index (χ1) is 11.7. The number of hydrogen-bond acceptors (Lipinski definition) is 7. The Labute approximate surface area is 139 Å². The first kappa shape index (κ1) is 14.9. The van der Waals surface area contributed by atoms with E-state index < -0.39 is 0 Å². The van der Waals surface area contributed by atoms with Crippen molar-refractivity contribution < 1.29 is 13.9 Å². The van der Waals surface area contributed by atoms with Crippen LogP contribution in [0.15, 0.2) is 40.8 Å². The van der Waals surface area contributed by atoms with Gasteiger partial charge in [-0.05, 0) is 36.4 Å². The molecule has 0 saturated heterocycles. The minimum atomic E-state index is -0.317. The van der Waals surface area contributed by atoms with Crippen LogP contribution in [-0.4, -0.2) is 25.3 Å². The third-order valence-electron chi connectivity index (χ3n) is 3.38. The Hall–Kier alpha value is -2.71. The number of thiazole rings is 1. The van der Waals surface area contributed by atoms with Crippen LogP contribution < -0.4 is 0 Å². The number of halogens is 1. The highest BCUT2D eigenvalue weighted by atomic mass is 32.1. The zero-order valence-corrected chi connectivity index (χ0v) is 13.1. The SMILES string of the molecule is OCc1ccc2nc(Cc3nnc(-c4ccc(F)cc4)o3)sc2n1. The summed E-state index contributed by atoms with van der Waals surface area (Å²) in [5, 5.41) is 17.9.